The lowest BCUT2D eigenvalue weighted by Crippen LogP contribution is -1.99. The Hall–Kier alpha value is -1.42. The number of terminal acetylenes is 1. The van der Waals surface area contributed by atoms with Crippen LogP contribution in [0.4, 0.5) is 0 Å². The molecule has 1 nitrogen and oxygen atoms in total. The third kappa shape index (κ3) is 1.83. The number of allylic oxidation sites excluding steroid dienone is 3. The predicted molar refractivity (Wildman–Crippen MR) is 43.2 cm³/mol. The minimum atomic E-state index is 0.912. The monoisotopic (exact) mass is 131 g/mol. The molecule has 0 amide bonds. The molecule has 1 heterocycles. The number of hydrogen-bond donors (Lipinski definition) is 1. The zero-order valence-electron chi connectivity index (χ0n) is 5.67. The van der Waals surface area contributed by atoms with E-state index in [4.69, 9.17) is 6.42 Å². The maximum absolute atomic E-state index is 5.01. The fourth-order valence-electron chi connectivity index (χ4n) is 0.743. The van der Waals surface area contributed by atoms with E-state index in [9.17, 15) is 0 Å². The highest BCUT2D eigenvalue weighted by molar-refractivity contribution is 5.30. The Balaban J connectivity index is 2.49. The molecule has 0 unspecified atom stereocenters. The van der Waals surface area contributed by atoms with E-state index in [0.29, 0.717) is 0 Å². The predicted octanol–water partition coefficient (Wildman–Crippen LogP) is 1.22. The molecule has 1 aliphatic heterocycles. The lowest BCUT2D eigenvalue weighted by Gasteiger charge is -1.87. The van der Waals surface area contributed by atoms with Gasteiger partial charge >= 0.3 is 0 Å². The van der Waals surface area contributed by atoms with Crippen molar-refractivity contribution >= 4 is 0 Å². The molecule has 0 spiro atoms. The van der Waals surface area contributed by atoms with Crippen LogP contribution in [0.1, 0.15) is 0 Å². The smallest absolute Gasteiger partial charge is 0.0395 e. The van der Waals surface area contributed by atoms with Crippen LogP contribution in [0, 0.1) is 12.3 Å². The first kappa shape index (κ1) is 6.70. The molecule has 10 heavy (non-hydrogen) atoms. The maximum atomic E-state index is 5.01. The summed E-state index contributed by atoms with van der Waals surface area (Å²) < 4.78 is 0. The van der Waals surface area contributed by atoms with Crippen molar-refractivity contribution in [2.24, 2.45) is 0 Å². The van der Waals surface area contributed by atoms with E-state index in [1.807, 2.05) is 24.4 Å². The first-order valence-electron chi connectivity index (χ1n) is 3.15. The van der Waals surface area contributed by atoms with Gasteiger partial charge in [0.05, 0.1) is 0 Å². The summed E-state index contributed by atoms with van der Waals surface area (Å²) in [5, 5.41) is 3.06. The van der Waals surface area contributed by atoms with Gasteiger partial charge in [0.1, 0.15) is 0 Å². The summed E-state index contributed by atoms with van der Waals surface area (Å²) in [6.07, 6.45) is 14.5. The van der Waals surface area contributed by atoms with Crippen molar-refractivity contribution in [2.45, 2.75) is 0 Å². The molecule has 1 aliphatic rings. The van der Waals surface area contributed by atoms with Gasteiger partial charge in [0.15, 0.2) is 0 Å². The molecule has 0 aliphatic carbocycles. The highest BCUT2D eigenvalue weighted by Crippen LogP contribution is 2.00. The third-order valence-electron chi connectivity index (χ3n) is 1.22. The maximum Gasteiger partial charge on any atom is 0.0395 e. The van der Waals surface area contributed by atoms with Gasteiger partial charge in [-0.3, -0.25) is 0 Å². The Morgan fingerprint density at radius 2 is 2.60 bits per heavy atom. The molecule has 1 heteroatoms. The van der Waals surface area contributed by atoms with Crippen molar-refractivity contribution in [2.75, 3.05) is 6.54 Å². The Labute approximate surface area is 61.1 Å². The second-order valence-electron chi connectivity index (χ2n) is 1.98. The Kier molecular flexibility index (Phi) is 2.39. The fraction of sp³-hybridized carbons (Fsp3) is 0.111. The van der Waals surface area contributed by atoms with Crippen LogP contribution in [0.15, 0.2) is 36.1 Å². The van der Waals surface area contributed by atoms with Crippen LogP contribution >= 0.6 is 0 Å². The molecule has 0 aromatic heterocycles. The number of nitrogens with one attached hydrogen (secondary N) is 1. The second kappa shape index (κ2) is 3.58. The van der Waals surface area contributed by atoms with Gasteiger partial charge < -0.3 is 5.32 Å². The minimum Gasteiger partial charge on any atom is -0.387 e. The molecule has 0 saturated heterocycles. The quantitative estimate of drug-likeness (QED) is 0.527. The van der Waals surface area contributed by atoms with Crippen molar-refractivity contribution in [3.8, 4) is 12.3 Å². The summed E-state index contributed by atoms with van der Waals surface area (Å²) in [6, 6.07) is 0. The van der Waals surface area contributed by atoms with Crippen molar-refractivity contribution in [1.82, 2.24) is 5.32 Å². The molecule has 1 N–H and O–H groups in total. The zero-order chi connectivity index (χ0) is 7.23. The van der Waals surface area contributed by atoms with Crippen LogP contribution in [-0.4, -0.2) is 6.54 Å². The van der Waals surface area contributed by atoms with E-state index in [-0.39, 0.29) is 0 Å². The van der Waals surface area contributed by atoms with Crippen LogP contribution in [0.3, 0.4) is 0 Å². The lowest BCUT2D eigenvalue weighted by molar-refractivity contribution is 1.01. The highest BCUT2D eigenvalue weighted by atomic mass is 14.8. The molecule has 0 bridgehead atoms. The topological polar surface area (TPSA) is 12.0 Å². The molecular weight excluding hydrogens is 122 g/mol. The Bertz CT molecular complexity index is 226. The van der Waals surface area contributed by atoms with Crippen LogP contribution in [-0.2, 0) is 0 Å². The summed E-state index contributed by atoms with van der Waals surface area (Å²) in [6.45, 7) is 0.912. The Morgan fingerprint density at radius 3 is 3.20 bits per heavy atom. The van der Waals surface area contributed by atoms with Gasteiger partial charge in [0.25, 0.3) is 0 Å². The third-order valence-corrected chi connectivity index (χ3v) is 1.22. The number of hydrogen-bond acceptors (Lipinski definition) is 1. The lowest BCUT2D eigenvalue weighted by atomic mass is 10.2. The van der Waals surface area contributed by atoms with Gasteiger partial charge in [-0.05, 0) is 23.9 Å². The highest BCUT2D eigenvalue weighted by Gasteiger charge is 1.93. The van der Waals surface area contributed by atoms with E-state index in [1.54, 1.807) is 6.08 Å². The standard InChI is InChI=1S/C9H9N/c1-2-3-4-5-9-6-7-10-8-9/h1,3-7,10H,8H2/b4-3-,9-5-. The van der Waals surface area contributed by atoms with Gasteiger partial charge in [-0.25, -0.2) is 0 Å². The van der Waals surface area contributed by atoms with Gasteiger partial charge in [-0.15, -0.1) is 6.42 Å². The van der Waals surface area contributed by atoms with Crippen LogP contribution < -0.4 is 5.32 Å². The SMILES string of the molecule is C#C/C=C\C=C1\C=CNC1. The van der Waals surface area contributed by atoms with Crippen molar-refractivity contribution in [1.29, 1.82) is 0 Å². The fourth-order valence-corrected chi connectivity index (χ4v) is 0.743. The minimum absolute atomic E-state index is 0.912. The molecule has 0 saturated carbocycles. The summed E-state index contributed by atoms with van der Waals surface area (Å²) in [7, 11) is 0. The van der Waals surface area contributed by atoms with E-state index in [1.165, 1.54) is 5.57 Å². The Morgan fingerprint density at radius 1 is 1.70 bits per heavy atom. The molecule has 0 atom stereocenters. The molecular formula is C9H9N. The molecule has 0 radical (unpaired) electrons. The van der Waals surface area contributed by atoms with Crippen molar-refractivity contribution in [3.05, 3.63) is 36.1 Å². The first-order chi connectivity index (χ1) is 4.93. The molecule has 1 rings (SSSR count). The van der Waals surface area contributed by atoms with Gasteiger partial charge in [-0.2, -0.15) is 0 Å². The van der Waals surface area contributed by atoms with E-state index >= 15 is 0 Å². The first-order valence-corrected chi connectivity index (χ1v) is 3.15. The van der Waals surface area contributed by atoms with Gasteiger partial charge in [-0.1, -0.05) is 18.1 Å². The second-order valence-corrected chi connectivity index (χ2v) is 1.98. The summed E-state index contributed by atoms with van der Waals surface area (Å²) in [4.78, 5) is 0. The summed E-state index contributed by atoms with van der Waals surface area (Å²) in [5.41, 5.74) is 1.26. The van der Waals surface area contributed by atoms with Crippen LogP contribution in [0.5, 0.6) is 0 Å². The number of rotatable bonds is 1. The molecule has 50 valence electrons. The average molecular weight is 131 g/mol. The zero-order valence-corrected chi connectivity index (χ0v) is 5.67. The molecule has 0 aromatic carbocycles. The molecule has 0 aromatic rings. The van der Waals surface area contributed by atoms with Crippen molar-refractivity contribution in [3.63, 3.8) is 0 Å². The van der Waals surface area contributed by atoms with E-state index < -0.39 is 0 Å². The van der Waals surface area contributed by atoms with Gasteiger partial charge in [0, 0.05) is 6.54 Å². The van der Waals surface area contributed by atoms with E-state index in [0.717, 1.165) is 6.54 Å². The normalized spacial score (nSPS) is 19.7. The summed E-state index contributed by atoms with van der Waals surface area (Å²) in [5.74, 6) is 2.42. The van der Waals surface area contributed by atoms with Gasteiger partial charge in [0.2, 0.25) is 0 Å². The average Bonchev–Trinajstić information content (AvgIpc) is 2.41. The molecule has 0 fully saturated rings. The van der Waals surface area contributed by atoms with Crippen LogP contribution in [0.25, 0.3) is 0 Å². The van der Waals surface area contributed by atoms with Crippen LogP contribution in [0.2, 0.25) is 0 Å². The van der Waals surface area contributed by atoms with E-state index in [2.05, 4.69) is 11.2 Å². The van der Waals surface area contributed by atoms with Crippen molar-refractivity contribution < 1.29 is 0 Å². The summed E-state index contributed by atoms with van der Waals surface area (Å²) >= 11 is 0. The largest absolute Gasteiger partial charge is 0.387 e.